The highest BCUT2D eigenvalue weighted by Crippen LogP contribution is 2.32. The molecule has 0 radical (unpaired) electrons. The Balaban J connectivity index is 1.42. The number of carbonyl (C=O) groups is 3. The molecule has 1 aliphatic heterocycles. The van der Waals surface area contributed by atoms with Crippen LogP contribution in [0, 0.1) is 11.8 Å². The van der Waals surface area contributed by atoms with E-state index in [0.29, 0.717) is 19.6 Å². The summed E-state index contributed by atoms with van der Waals surface area (Å²) in [5, 5.41) is 5.69. The van der Waals surface area contributed by atoms with Gasteiger partial charge in [0.2, 0.25) is 17.7 Å². The molecule has 0 bridgehead atoms. The number of benzene rings is 1. The number of amides is 3. The Bertz CT molecular complexity index is 644. The highest BCUT2D eigenvalue weighted by Gasteiger charge is 2.35. The van der Waals surface area contributed by atoms with Gasteiger partial charge in [0.25, 0.3) is 0 Å². The zero-order valence-electron chi connectivity index (χ0n) is 14.6. The maximum Gasteiger partial charge on any atom is 0.225 e. The molecule has 1 saturated carbocycles. The fourth-order valence-electron chi connectivity index (χ4n) is 3.19. The van der Waals surface area contributed by atoms with Crippen LogP contribution in [0.1, 0.15) is 38.2 Å². The molecule has 6 nitrogen and oxygen atoms in total. The van der Waals surface area contributed by atoms with Crippen molar-refractivity contribution in [2.45, 2.75) is 39.2 Å². The molecule has 1 aromatic carbocycles. The van der Waals surface area contributed by atoms with Gasteiger partial charge in [0, 0.05) is 44.1 Å². The Hall–Kier alpha value is -2.37. The van der Waals surface area contributed by atoms with E-state index in [-0.39, 0.29) is 29.6 Å². The van der Waals surface area contributed by atoms with Gasteiger partial charge < -0.3 is 15.5 Å². The van der Waals surface area contributed by atoms with Crippen LogP contribution in [-0.4, -0.2) is 35.7 Å². The lowest BCUT2D eigenvalue weighted by molar-refractivity contribution is -0.136. The van der Waals surface area contributed by atoms with Crippen molar-refractivity contribution in [1.29, 1.82) is 0 Å². The molecule has 0 spiro atoms. The number of piperidine rings is 1. The maximum atomic E-state index is 12.3. The molecule has 1 saturated heterocycles. The molecule has 2 N–H and O–H groups in total. The lowest BCUT2D eigenvalue weighted by Crippen LogP contribution is -2.43. The third kappa shape index (κ3) is 4.81. The van der Waals surface area contributed by atoms with Crippen molar-refractivity contribution in [1.82, 2.24) is 10.2 Å². The van der Waals surface area contributed by atoms with Crippen LogP contribution in [0.25, 0.3) is 0 Å². The second kappa shape index (κ2) is 7.68. The van der Waals surface area contributed by atoms with E-state index in [1.165, 1.54) is 6.92 Å². The Morgan fingerprint density at radius 2 is 1.64 bits per heavy atom. The van der Waals surface area contributed by atoms with Crippen LogP contribution in [0.15, 0.2) is 24.3 Å². The Kier molecular flexibility index (Phi) is 5.36. The molecule has 0 atom stereocenters. The van der Waals surface area contributed by atoms with Crippen molar-refractivity contribution in [3.8, 4) is 0 Å². The molecule has 1 aromatic rings. The molecule has 1 aliphatic carbocycles. The smallest absolute Gasteiger partial charge is 0.225 e. The molecule has 2 aliphatic rings. The molecule has 3 amide bonds. The topological polar surface area (TPSA) is 78.5 Å². The fourth-order valence-corrected chi connectivity index (χ4v) is 3.19. The first kappa shape index (κ1) is 17.5. The zero-order valence-corrected chi connectivity index (χ0v) is 14.6. The van der Waals surface area contributed by atoms with Crippen molar-refractivity contribution in [2.24, 2.45) is 11.8 Å². The number of carbonyl (C=O) groups excluding carboxylic acids is 3. The molecule has 0 aromatic heterocycles. The fraction of sp³-hybridized carbons (Fsp3) is 0.526. The van der Waals surface area contributed by atoms with E-state index in [9.17, 15) is 14.4 Å². The molecular weight excluding hydrogens is 318 g/mol. The third-order valence-corrected chi connectivity index (χ3v) is 4.85. The predicted octanol–water partition coefficient (Wildman–Crippen LogP) is 1.91. The quantitative estimate of drug-likeness (QED) is 0.857. The van der Waals surface area contributed by atoms with Crippen molar-refractivity contribution in [2.75, 3.05) is 18.4 Å². The van der Waals surface area contributed by atoms with Gasteiger partial charge in [-0.1, -0.05) is 12.1 Å². The summed E-state index contributed by atoms with van der Waals surface area (Å²) in [4.78, 5) is 37.3. The molecule has 1 heterocycles. The summed E-state index contributed by atoms with van der Waals surface area (Å²) in [6.45, 7) is 3.33. The van der Waals surface area contributed by atoms with Crippen LogP contribution in [0.5, 0.6) is 0 Å². The van der Waals surface area contributed by atoms with E-state index >= 15 is 0 Å². The van der Waals surface area contributed by atoms with Crippen molar-refractivity contribution >= 4 is 23.4 Å². The number of hydrogen-bond donors (Lipinski definition) is 2. The van der Waals surface area contributed by atoms with Gasteiger partial charge in [-0.3, -0.25) is 14.4 Å². The van der Waals surface area contributed by atoms with Crippen molar-refractivity contribution in [3.63, 3.8) is 0 Å². The van der Waals surface area contributed by atoms with Crippen molar-refractivity contribution in [3.05, 3.63) is 29.8 Å². The molecule has 2 fully saturated rings. The highest BCUT2D eigenvalue weighted by molar-refractivity contribution is 5.88. The monoisotopic (exact) mass is 343 g/mol. The minimum absolute atomic E-state index is 0.0121. The summed E-state index contributed by atoms with van der Waals surface area (Å²) in [6.07, 6.45) is 3.54. The lowest BCUT2D eigenvalue weighted by atomic mass is 9.95. The number of anilines is 1. The standard InChI is InChI=1S/C19H25N3O3/c1-13(23)21-17-6-2-14(3-7-17)12-20-18(24)15-8-10-22(11-9-15)19(25)16-4-5-16/h2-3,6-7,15-16H,4-5,8-12H2,1H3,(H,20,24)(H,21,23). The normalized spacial score (nSPS) is 17.9. The van der Waals surface area contributed by atoms with E-state index in [2.05, 4.69) is 10.6 Å². The van der Waals surface area contributed by atoms with Gasteiger partial charge in [0.05, 0.1) is 0 Å². The molecule has 6 heteroatoms. The van der Waals surface area contributed by atoms with E-state index < -0.39 is 0 Å². The van der Waals surface area contributed by atoms with Gasteiger partial charge in [0.1, 0.15) is 0 Å². The van der Waals surface area contributed by atoms with Gasteiger partial charge in [-0.15, -0.1) is 0 Å². The lowest BCUT2D eigenvalue weighted by Gasteiger charge is -2.31. The summed E-state index contributed by atoms with van der Waals surface area (Å²) < 4.78 is 0. The van der Waals surface area contributed by atoms with Gasteiger partial charge in [0.15, 0.2) is 0 Å². The zero-order chi connectivity index (χ0) is 17.8. The minimum Gasteiger partial charge on any atom is -0.352 e. The highest BCUT2D eigenvalue weighted by atomic mass is 16.2. The first-order valence-corrected chi connectivity index (χ1v) is 8.96. The minimum atomic E-state index is -0.104. The number of hydrogen-bond acceptors (Lipinski definition) is 3. The second-order valence-electron chi connectivity index (χ2n) is 6.97. The molecular formula is C19H25N3O3. The van der Waals surface area contributed by atoms with Crippen LogP contribution >= 0.6 is 0 Å². The molecule has 134 valence electrons. The summed E-state index contributed by atoms with van der Waals surface area (Å²) in [7, 11) is 0. The predicted molar refractivity (Wildman–Crippen MR) is 94.6 cm³/mol. The molecule has 25 heavy (non-hydrogen) atoms. The summed E-state index contributed by atoms with van der Waals surface area (Å²) in [5.74, 6) is 0.475. The first-order valence-electron chi connectivity index (χ1n) is 8.96. The summed E-state index contributed by atoms with van der Waals surface area (Å²) in [6, 6.07) is 7.43. The Morgan fingerprint density at radius 3 is 2.20 bits per heavy atom. The van der Waals surface area contributed by atoms with Crippen LogP contribution in [0.4, 0.5) is 5.69 Å². The van der Waals surface area contributed by atoms with Crippen LogP contribution < -0.4 is 10.6 Å². The second-order valence-corrected chi connectivity index (χ2v) is 6.97. The van der Waals surface area contributed by atoms with Crippen LogP contribution in [-0.2, 0) is 20.9 Å². The number of nitrogens with zero attached hydrogens (tertiary/aromatic N) is 1. The average Bonchev–Trinajstić information content (AvgIpc) is 3.45. The van der Waals surface area contributed by atoms with Crippen molar-refractivity contribution < 1.29 is 14.4 Å². The van der Waals surface area contributed by atoms with Crippen LogP contribution in [0.3, 0.4) is 0 Å². The summed E-state index contributed by atoms with van der Waals surface area (Å²) >= 11 is 0. The van der Waals surface area contributed by atoms with Gasteiger partial charge >= 0.3 is 0 Å². The summed E-state index contributed by atoms with van der Waals surface area (Å²) in [5.41, 5.74) is 1.74. The van der Waals surface area contributed by atoms with Crippen LogP contribution in [0.2, 0.25) is 0 Å². The number of rotatable bonds is 5. The van der Waals surface area contributed by atoms with E-state index in [4.69, 9.17) is 0 Å². The first-order chi connectivity index (χ1) is 12.0. The van der Waals surface area contributed by atoms with Gasteiger partial charge in [-0.2, -0.15) is 0 Å². The van der Waals surface area contributed by atoms with Gasteiger partial charge in [-0.05, 0) is 43.4 Å². The van der Waals surface area contributed by atoms with E-state index in [1.54, 1.807) is 0 Å². The average molecular weight is 343 g/mol. The van der Waals surface area contributed by atoms with E-state index in [1.807, 2.05) is 29.2 Å². The third-order valence-electron chi connectivity index (χ3n) is 4.85. The Morgan fingerprint density at radius 1 is 1.00 bits per heavy atom. The number of nitrogens with one attached hydrogen (secondary N) is 2. The van der Waals surface area contributed by atoms with E-state index in [0.717, 1.165) is 36.9 Å². The Labute approximate surface area is 148 Å². The molecule has 3 rings (SSSR count). The molecule has 0 unspecified atom stereocenters. The maximum absolute atomic E-state index is 12.3. The van der Waals surface area contributed by atoms with Gasteiger partial charge in [-0.25, -0.2) is 0 Å². The number of likely N-dealkylation sites (tertiary alicyclic amines) is 1. The SMILES string of the molecule is CC(=O)Nc1ccc(CNC(=O)C2CCN(C(=O)C3CC3)CC2)cc1. The largest absolute Gasteiger partial charge is 0.352 e.